The van der Waals surface area contributed by atoms with Crippen LogP contribution in [0, 0.1) is 0 Å². The molecule has 7 heteroatoms. The molecular formula is C21H27N3O3S. The molecule has 2 aromatic rings. The largest absolute Gasteiger partial charge is 0.376 e. The summed E-state index contributed by atoms with van der Waals surface area (Å²) in [6, 6.07) is 16.3. The molecule has 28 heavy (non-hydrogen) atoms. The van der Waals surface area contributed by atoms with Crippen LogP contribution in [0.3, 0.4) is 0 Å². The summed E-state index contributed by atoms with van der Waals surface area (Å²) >= 11 is 0. The van der Waals surface area contributed by atoms with Gasteiger partial charge >= 0.3 is 0 Å². The molecule has 1 amide bonds. The highest BCUT2D eigenvalue weighted by Gasteiger charge is 2.26. The maximum absolute atomic E-state index is 12.8. The summed E-state index contributed by atoms with van der Waals surface area (Å²) in [7, 11) is -3.49. The third-order valence-electron chi connectivity index (χ3n) is 4.92. The second kappa shape index (κ2) is 9.21. The van der Waals surface area contributed by atoms with Gasteiger partial charge in [0.15, 0.2) is 0 Å². The molecule has 0 saturated carbocycles. The standard InChI is InChI=1S/C21H27N3O3S/c1-17(18-9-4-2-5-10-18)23-21(25)16-22-19-11-8-12-20(15-19)28(26,27)24-13-6-3-7-14-24/h2,4-5,8-12,15,17,22H,3,6-7,13-14,16H2,1H3,(H,23,25)/t17-/m1/s1. The van der Waals surface area contributed by atoms with Crippen molar-refractivity contribution < 1.29 is 13.2 Å². The topological polar surface area (TPSA) is 78.5 Å². The van der Waals surface area contributed by atoms with E-state index in [1.165, 1.54) is 0 Å². The van der Waals surface area contributed by atoms with Crippen molar-refractivity contribution in [3.63, 3.8) is 0 Å². The lowest BCUT2D eigenvalue weighted by atomic mass is 10.1. The van der Waals surface area contributed by atoms with Gasteiger partial charge in [-0.3, -0.25) is 4.79 Å². The van der Waals surface area contributed by atoms with Crippen molar-refractivity contribution in [1.82, 2.24) is 9.62 Å². The van der Waals surface area contributed by atoms with Crippen LogP contribution in [0.25, 0.3) is 0 Å². The number of rotatable bonds is 7. The fourth-order valence-electron chi connectivity index (χ4n) is 3.32. The fraction of sp³-hybridized carbons (Fsp3) is 0.381. The van der Waals surface area contributed by atoms with E-state index < -0.39 is 10.0 Å². The van der Waals surface area contributed by atoms with Crippen LogP contribution in [0.1, 0.15) is 37.8 Å². The first-order chi connectivity index (χ1) is 13.5. The van der Waals surface area contributed by atoms with Crippen LogP contribution in [-0.2, 0) is 14.8 Å². The van der Waals surface area contributed by atoms with E-state index in [4.69, 9.17) is 0 Å². The van der Waals surface area contributed by atoms with Crippen LogP contribution in [0.2, 0.25) is 0 Å². The van der Waals surface area contributed by atoms with Gasteiger partial charge < -0.3 is 10.6 Å². The summed E-state index contributed by atoms with van der Waals surface area (Å²) in [5.74, 6) is -0.152. The van der Waals surface area contributed by atoms with Crippen molar-refractivity contribution in [2.24, 2.45) is 0 Å². The minimum Gasteiger partial charge on any atom is -0.376 e. The van der Waals surface area contributed by atoms with Gasteiger partial charge in [0.1, 0.15) is 0 Å². The molecule has 2 aromatic carbocycles. The summed E-state index contributed by atoms with van der Waals surface area (Å²) in [6.07, 6.45) is 2.87. The van der Waals surface area contributed by atoms with E-state index in [1.807, 2.05) is 37.3 Å². The summed E-state index contributed by atoms with van der Waals surface area (Å²) in [4.78, 5) is 12.5. The van der Waals surface area contributed by atoms with E-state index in [-0.39, 0.29) is 23.4 Å². The van der Waals surface area contributed by atoms with Gasteiger partial charge in [0, 0.05) is 18.8 Å². The Morgan fingerprint density at radius 3 is 2.46 bits per heavy atom. The number of benzene rings is 2. The summed E-state index contributed by atoms with van der Waals surface area (Å²) in [5, 5.41) is 5.96. The van der Waals surface area contributed by atoms with Gasteiger partial charge in [-0.2, -0.15) is 4.31 Å². The minimum atomic E-state index is -3.49. The van der Waals surface area contributed by atoms with E-state index in [0.29, 0.717) is 18.8 Å². The molecule has 3 rings (SSSR count). The van der Waals surface area contributed by atoms with Gasteiger partial charge in [0.2, 0.25) is 15.9 Å². The van der Waals surface area contributed by atoms with Crippen LogP contribution in [-0.4, -0.2) is 38.3 Å². The average Bonchev–Trinajstić information content (AvgIpc) is 2.74. The van der Waals surface area contributed by atoms with Crippen molar-refractivity contribution in [3.8, 4) is 0 Å². The Kier molecular flexibility index (Phi) is 6.70. The predicted octanol–water partition coefficient (Wildman–Crippen LogP) is 3.15. The van der Waals surface area contributed by atoms with Crippen LogP contribution in [0.4, 0.5) is 5.69 Å². The fourth-order valence-corrected chi connectivity index (χ4v) is 4.88. The maximum atomic E-state index is 12.8. The van der Waals surface area contributed by atoms with Gasteiger partial charge in [-0.25, -0.2) is 8.42 Å². The Morgan fingerprint density at radius 1 is 1.04 bits per heavy atom. The lowest BCUT2D eigenvalue weighted by Gasteiger charge is -2.26. The second-order valence-electron chi connectivity index (χ2n) is 7.05. The quantitative estimate of drug-likeness (QED) is 0.747. The first-order valence-electron chi connectivity index (χ1n) is 9.65. The van der Waals surface area contributed by atoms with Crippen LogP contribution >= 0.6 is 0 Å². The molecule has 1 heterocycles. The number of hydrogen-bond donors (Lipinski definition) is 2. The molecule has 1 saturated heterocycles. The molecular weight excluding hydrogens is 374 g/mol. The molecule has 2 N–H and O–H groups in total. The second-order valence-corrected chi connectivity index (χ2v) is 8.98. The molecule has 1 fully saturated rings. The number of nitrogens with one attached hydrogen (secondary N) is 2. The zero-order chi connectivity index (χ0) is 20.0. The highest BCUT2D eigenvalue weighted by molar-refractivity contribution is 7.89. The molecule has 150 valence electrons. The van der Waals surface area contributed by atoms with Crippen molar-refractivity contribution in [3.05, 3.63) is 60.2 Å². The van der Waals surface area contributed by atoms with E-state index in [9.17, 15) is 13.2 Å². The Hall–Kier alpha value is -2.38. The van der Waals surface area contributed by atoms with E-state index >= 15 is 0 Å². The zero-order valence-electron chi connectivity index (χ0n) is 16.1. The van der Waals surface area contributed by atoms with Gasteiger partial charge in [-0.15, -0.1) is 0 Å². The zero-order valence-corrected chi connectivity index (χ0v) is 16.9. The van der Waals surface area contributed by atoms with Gasteiger partial charge in [-0.1, -0.05) is 42.8 Å². The Labute approximate surface area is 167 Å². The maximum Gasteiger partial charge on any atom is 0.243 e. The van der Waals surface area contributed by atoms with Crippen LogP contribution in [0.5, 0.6) is 0 Å². The Bertz CT molecular complexity index is 894. The molecule has 1 atom stereocenters. The first kappa shape index (κ1) is 20.4. The van der Waals surface area contributed by atoms with Crippen molar-refractivity contribution >= 4 is 21.6 Å². The number of nitrogens with zero attached hydrogens (tertiary/aromatic N) is 1. The van der Waals surface area contributed by atoms with Crippen LogP contribution < -0.4 is 10.6 Å². The predicted molar refractivity (Wildman–Crippen MR) is 111 cm³/mol. The third-order valence-corrected chi connectivity index (χ3v) is 6.81. The molecule has 0 aromatic heterocycles. The lowest BCUT2D eigenvalue weighted by molar-refractivity contribution is -0.120. The van der Waals surface area contributed by atoms with Crippen molar-refractivity contribution in [2.45, 2.75) is 37.1 Å². The van der Waals surface area contributed by atoms with Gasteiger partial charge in [-0.05, 0) is 43.5 Å². The highest BCUT2D eigenvalue weighted by Crippen LogP contribution is 2.22. The first-order valence-corrected chi connectivity index (χ1v) is 11.1. The number of anilines is 1. The van der Waals surface area contributed by atoms with E-state index in [2.05, 4.69) is 10.6 Å². The number of carbonyl (C=O) groups excluding carboxylic acids is 1. The highest BCUT2D eigenvalue weighted by atomic mass is 32.2. The third kappa shape index (κ3) is 5.11. The normalized spacial score (nSPS) is 16.3. The average molecular weight is 402 g/mol. The monoisotopic (exact) mass is 401 g/mol. The van der Waals surface area contributed by atoms with Gasteiger partial charge in [0.25, 0.3) is 0 Å². The summed E-state index contributed by atoms with van der Waals surface area (Å²) in [5.41, 5.74) is 1.64. The number of carbonyl (C=O) groups is 1. The molecule has 0 spiro atoms. The molecule has 0 aliphatic carbocycles. The molecule has 0 bridgehead atoms. The molecule has 0 unspecified atom stereocenters. The number of sulfonamides is 1. The lowest BCUT2D eigenvalue weighted by Crippen LogP contribution is -2.35. The van der Waals surface area contributed by atoms with Crippen molar-refractivity contribution in [2.75, 3.05) is 25.0 Å². The molecule has 1 aliphatic heterocycles. The summed E-state index contributed by atoms with van der Waals surface area (Å²) < 4.78 is 27.1. The number of hydrogen-bond acceptors (Lipinski definition) is 4. The van der Waals surface area contributed by atoms with Crippen molar-refractivity contribution in [1.29, 1.82) is 0 Å². The molecule has 1 aliphatic rings. The Balaban J connectivity index is 1.59. The summed E-state index contributed by atoms with van der Waals surface area (Å²) in [6.45, 7) is 3.14. The number of piperidine rings is 1. The minimum absolute atomic E-state index is 0.0738. The van der Waals surface area contributed by atoms with Gasteiger partial charge in [0.05, 0.1) is 17.5 Å². The van der Waals surface area contributed by atoms with Crippen LogP contribution in [0.15, 0.2) is 59.5 Å². The smallest absolute Gasteiger partial charge is 0.243 e. The van der Waals surface area contributed by atoms with E-state index in [1.54, 1.807) is 28.6 Å². The molecule has 0 radical (unpaired) electrons. The molecule has 6 nitrogen and oxygen atoms in total. The SMILES string of the molecule is C[C@@H](NC(=O)CNc1cccc(S(=O)(=O)N2CCCCC2)c1)c1ccccc1. The number of amides is 1. The van der Waals surface area contributed by atoms with E-state index in [0.717, 1.165) is 24.8 Å². The Morgan fingerprint density at radius 2 is 1.75 bits per heavy atom.